The first-order valence-corrected chi connectivity index (χ1v) is 7.51. The van der Waals surface area contributed by atoms with Gasteiger partial charge in [0.05, 0.1) is 17.4 Å². The largest absolute Gasteiger partial charge is 0.348 e. The van der Waals surface area contributed by atoms with E-state index in [0.717, 1.165) is 31.7 Å². The molecule has 7 heteroatoms. The minimum absolute atomic E-state index is 0.0773. The quantitative estimate of drug-likeness (QED) is 0.771. The second-order valence-electron chi connectivity index (χ2n) is 5.31. The Bertz CT molecular complexity index is 630. The van der Waals surface area contributed by atoms with Crippen LogP contribution in [0.5, 0.6) is 0 Å². The summed E-state index contributed by atoms with van der Waals surface area (Å²) in [6.45, 7) is 4.64. The molecule has 1 aliphatic heterocycles. The Morgan fingerprint density at radius 2 is 2.36 bits per heavy atom. The van der Waals surface area contributed by atoms with Crippen molar-refractivity contribution in [2.75, 3.05) is 18.4 Å². The van der Waals surface area contributed by atoms with Gasteiger partial charge in [-0.2, -0.15) is 5.10 Å². The van der Waals surface area contributed by atoms with Crippen LogP contribution in [-0.2, 0) is 6.54 Å². The average molecular weight is 300 g/mol. The lowest BCUT2D eigenvalue weighted by Crippen LogP contribution is -2.36. The molecule has 7 nitrogen and oxygen atoms in total. The summed E-state index contributed by atoms with van der Waals surface area (Å²) >= 11 is 0. The zero-order valence-corrected chi connectivity index (χ0v) is 12.5. The summed E-state index contributed by atoms with van der Waals surface area (Å²) in [5.41, 5.74) is 1.45. The van der Waals surface area contributed by atoms with Crippen molar-refractivity contribution < 1.29 is 4.79 Å². The van der Waals surface area contributed by atoms with Gasteiger partial charge in [-0.3, -0.25) is 9.48 Å². The van der Waals surface area contributed by atoms with E-state index in [0.29, 0.717) is 11.4 Å². The maximum Gasteiger partial charge on any atom is 0.253 e. The standard InChI is InChI=1S/C15H20N6O/c1-2-21-10-13(9-18-21)19-14-4-3-11(7-17-14)15(22)20-12-5-6-16-8-12/h3-4,7,9-10,12,16H,2,5-6,8H2,1H3,(H,17,19)(H,20,22). The van der Waals surface area contributed by atoms with Crippen LogP contribution in [0.2, 0.25) is 0 Å². The van der Waals surface area contributed by atoms with Crippen molar-refractivity contribution in [2.45, 2.75) is 25.9 Å². The average Bonchev–Trinajstić information content (AvgIpc) is 3.19. The van der Waals surface area contributed by atoms with E-state index >= 15 is 0 Å². The molecule has 1 amide bonds. The fourth-order valence-electron chi connectivity index (χ4n) is 2.40. The first kappa shape index (κ1) is 14.5. The van der Waals surface area contributed by atoms with E-state index in [2.05, 4.69) is 26.0 Å². The monoisotopic (exact) mass is 300 g/mol. The van der Waals surface area contributed by atoms with Crippen LogP contribution in [0.4, 0.5) is 11.5 Å². The van der Waals surface area contributed by atoms with Crippen LogP contribution < -0.4 is 16.0 Å². The minimum atomic E-state index is -0.0773. The molecular weight excluding hydrogens is 280 g/mol. The van der Waals surface area contributed by atoms with Crippen molar-refractivity contribution in [3.63, 3.8) is 0 Å². The van der Waals surface area contributed by atoms with Gasteiger partial charge < -0.3 is 16.0 Å². The van der Waals surface area contributed by atoms with E-state index in [9.17, 15) is 4.79 Å². The van der Waals surface area contributed by atoms with Gasteiger partial charge in [0, 0.05) is 31.5 Å². The molecule has 2 aromatic rings. The predicted octanol–water partition coefficient (Wildman–Crippen LogP) is 1.13. The van der Waals surface area contributed by atoms with Gasteiger partial charge in [0.15, 0.2) is 0 Å². The molecule has 3 N–H and O–H groups in total. The smallest absolute Gasteiger partial charge is 0.253 e. The van der Waals surface area contributed by atoms with Gasteiger partial charge in [0.2, 0.25) is 0 Å². The Balaban J connectivity index is 1.60. The van der Waals surface area contributed by atoms with Crippen molar-refractivity contribution in [2.24, 2.45) is 0 Å². The number of aryl methyl sites for hydroxylation is 1. The number of nitrogens with one attached hydrogen (secondary N) is 3. The van der Waals surface area contributed by atoms with Gasteiger partial charge in [-0.15, -0.1) is 0 Å². The molecular formula is C15H20N6O. The third kappa shape index (κ3) is 3.43. The molecule has 1 atom stereocenters. The summed E-state index contributed by atoms with van der Waals surface area (Å²) in [5, 5.41) is 13.6. The van der Waals surface area contributed by atoms with Gasteiger partial charge in [-0.1, -0.05) is 0 Å². The number of rotatable bonds is 5. The Labute approximate surface area is 129 Å². The molecule has 0 spiro atoms. The number of pyridine rings is 1. The molecule has 0 saturated carbocycles. The number of hydrogen-bond acceptors (Lipinski definition) is 5. The van der Waals surface area contributed by atoms with Crippen molar-refractivity contribution in [1.29, 1.82) is 0 Å². The summed E-state index contributed by atoms with van der Waals surface area (Å²) < 4.78 is 1.83. The number of aromatic nitrogens is 3. The van der Waals surface area contributed by atoms with E-state index in [1.165, 1.54) is 0 Å². The lowest BCUT2D eigenvalue weighted by molar-refractivity contribution is 0.0940. The van der Waals surface area contributed by atoms with E-state index in [4.69, 9.17) is 0 Å². The SMILES string of the molecule is CCn1cc(Nc2ccc(C(=O)NC3CCNC3)cn2)cn1. The maximum atomic E-state index is 12.1. The third-order valence-electron chi connectivity index (χ3n) is 3.65. The number of carbonyl (C=O) groups is 1. The second-order valence-corrected chi connectivity index (χ2v) is 5.31. The zero-order chi connectivity index (χ0) is 15.4. The topological polar surface area (TPSA) is 83.9 Å². The van der Waals surface area contributed by atoms with Crippen molar-refractivity contribution >= 4 is 17.4 Å². The lowest BCUT2D eigenvalue weighted by atomic mass is 10.2. The van der Waals surface area contributed by atoms with Crippen LogP contribution in [0.1, 0.15) is 23.7 Å². The molecule has 22 heavy (non-hydrogen) atoms. The van der Waals surface area contributed by atoms with Crippen LogP contribution in [0.25, 0.3) is 0 Å². The van der Waals surface area contributed by atoms with E-state index in [1.54, 1.807) is 24.5 Å². The summed E-state index contributed by atoms with van der Waals surface area (Å²) in [5.74, 6) is 0.612. The summed E-state index contributed by atoms with van der Waals surface area (Å²) in [6, 6.07) is 3.78. The normalized spacial score (nSPS) is 17.4. The predicted molar refractivity (Wildman–Crippen MR) is 84.2 cm³/mol. The van der Waals surface area contributed by atoms with Gasteiger partial charge >= 0.3 is 0 Å². The number of anilines is 2. The molecule has 0 aromatic carbocycles. The van der Waals surface area contributed by atoms with Crippen LogP contribution in [0.15, 0.2) is 30.7 Å². The molecule has 1 saturated heterocycles. The molecule has 1 fully saturated rings. The lowest BCUT2D eigenvalue weighted by Gasteiger charge is -2.11. The van der Waals surface area contributed by atoms with Crippen LogP contribution in [0.3, 0.4) is 0 Å². The first-order chi connectivity index (χ1) is 10.7. The molecule has 2 aromatic heterocycles. The fourth-order valence-corrected chi connectivity index (χ4v) is 2.40. The van der Waals surface area contributed by atoms with Gasteiger partial charge in [-0.05, 0) is 32.0 Å². The summed E-state index contributed by atoms with van der Waals surface area (Å²) in [6.07, 6.45) is 6.22. The molecule has 0 aliphatic carbocycles. The molecule has 3 rings (SSSR count). The van der Waals surface area contributed by atoms with Crippen LogP contribution >= 0.6 is 0 Å². The van der Waals surface area contributed by atoms with E-state index in [-0.39, 0.29) is 11.9 Å². The Morgan fingerprint density at radius 1 is 1.45 bits per heavy atom. The maximum absolute atomic E-state index is 12.1. The molecule has 116 valence electrons. The highest BCUT2D eigenvalue weighted by atomic mass is 16.1. The molecule has 0 radical (unpaired) electrons. The zero-order valence-electron chi connectivity index (χ0n) is 12.5. The molecule has 3 heterocycles. The van der Waals surface area contributed by atoms with Crippen molar-refractivity contribution in [1.82, 2.24) is 25.4 Å². The second kappa shape index (κ2) is 6.57. The van der Waals surface area contributed by atoms with Crippen LogP contribution in [0, 0.1) is 0 Å². The summed E-state index contributed by atoms with van der Waals surface area (Å²) in [4.78, 5) is 16.4. The number of hydrogen-bond donors (Lipinski definition) is 3. The van der Waals surface area contributed by atoms with E-state index in [1.807, 2.05) is 17.8 Å². The summed E-state index contributed by atoms with van der Waals surface area (Å²) in [7, 11) is 0. The van der Waals surface area contributed by atoms with Gasteiger partial charge in [0.1, 0.15) is 5.82 Å². The third-order valence-corrected chi connectivity index (χ3v) is 3.65. The van der Waals surface area contributed by atoms with Gasteiger partial charge in [0.25, 0.3) is 5.91 Å². The number of nitrogens with zero attached hydrogens (tertiary/aromatic N) is 3. The number of amides is 1. The molecule has 0 bridgehead atoms. The van der Waals surface area contributed by atoms with Crippen LogP contribution in [-0.4, -0.2) is 39.8 Å². The highest BCUT2D eigenvalue weighted by Gasteiger charge is 2.17. The number of carbonyl (C=O) groups excluding carboxylic acids is 1. The van der Waals surface area contributed by atoms with Crippen molar-refractivity contribution in [3.8, 4) is 0 Å². The highest BCUT2D eigenvalue weighted by molar-refractivity contribution is 5.94. The fraction of sp³-hybridized carbons (Fsp3) is 0.400. The Kier molecular flexibility index (Phi) is 4.34. The molecule has 1 aliphatic rings. The first-order valence-electron chi connectivity index (χ1n) is 7.51. The Morgan fingerprint density at radius 3 is 3.00 bits per heavy atom. The minimum Gasteiger partial charge on any atom is -0.348 e. The highest BCUT2D eigenvalue weighted by Crippen LogP contribution is 2.14. The molecule has 1 unspecified atom stereocenters. The van der Waals surface area contributed by atoms with E-state index < -0.39 is 0 Å². The van der Waals surface area contributed by atoms with Gasteiger partial charge in [-0.25, -0.2) is 4.98 Å². The Hall–Kier alpha value is -2.41. The van der Waals surface area contributed by atoms with Crippen molar-refractivity contribution in [3.05, 3.63) is 36.3 Å².